The highest BCUT2D eigenvalue weighted by Crippen LogP contribution is 2.35. The SMILES string of the molecule is CCC1NC(c2cccs2)N(C2CCC(O)CC2)C1=O. The molecule has 2 fully saturated rings. The normalized spacial score (nSPS) is 34.7. The van der Waals surface area contributed by atoms with Gasteiger partial charge in [0.05, 0.1) is 12.1 Å². The van der Waals surface area contributed by atoms with E-state index in [-0.39, 0.29) is 30.3 Å². The molecule has 110 valence electrons. The van der Waals surface area contributed by atoms with Gasteiger partial charge in [0.2, 0.25) is 5.91 Å². The van der Waals surface area contributed by atoms with Crippen molar-refractivity contribution in [3.05, 3.63) is 22.4 Å². The third kappa shape index (κ3) is 2.50. The van der Waals surface area contributed by atoms with Gasteiger partial charge in [0.25, 0.3) is 0 Å². The highest BCUT2D eigenvalue weighted by Gasteiger charge is 2.43. The Hall–Kier alpha value is -0.910. The summed E-state index contributed by atoms with van der Waals surface area (Å²) in [5, 5.41) is 15.2. The molecule has 5 heteroatoms. The molecule has 1 aliphatic carbocycles. The highest BCUT2D eigenvalue weighted by molar-refractivity contribution is 7.10. The minimum absolute atomic E-state index is 0.0210. The summed E-state index contributed by atoms with van der Waals surface area (Å²) in [6.07, 6.45) is 4.10. The second-order valence-corrected chi connectivity index (χ2v) is 6.73. The molecule has 0 radical (unpaired) electrons. The average Bonchev–Trinajstić information content (AvgIpc) is 3.07. The lowest BCUT2D eigenvalue weighted by Gasteiger charge is -2.36. The summed E-state index contributed by atoms with van der Waals surface area (Å²) in [5.41, 5.74) is 0. The smallest absolute Gasteiger partial charge is 0.241 e. The van der Waals surface area contributed by atoms with Gasteiger partial charge in [-0.15, -0.1) is 11.3 Å². The first-order valence-corrected chi connectivity index (χ1v) is 8.38. The maximum atomic E-state index is 12.6. The zero-order valence-electron chi connectivity index (χ0n) is 11.8. The van der Waals surface area contributed by atoms with E-state index in [1.807, 2.05) is 11.0 Å². The van der Waals surface area contributed by atoms with Gasteiger partial charge in [-0.3, -0.25) is 10.1 Å². The Morgan fingerprint density at radius 1 is 1.40 bits per heavy atom. The van der Waals surface area contributed by atoms with E-state index in [1.54, 1.807) is 11.3 Å². The fraction of sp³-hybridized carbons (Fsp3) is 0.667. The molecule has 1 aromatic rings. The van der Waals surface area contributed by atoms with Crippen LogP contribution in [0.15, 0.2) is 17.5 Å². The molecule has 4 nitrogen and oxygen atoms in total. The van der Waals surface area contributed by atoms with E-state index in [2.05, 4.69) is 23.7 Å². The number of hydrogen-bond donors (Lipinski definition) is 2. The van der Waals surface area contributed by atoms with Crippen molar-refractivity contribution in [2.24, 2.45) is 0 Å². The number of amides is 1. The predicted octanol–water partition coefficient (Wildman–Crippen LogP) is 2.26. The molecule has 2 N–H and O–H groups in total. The maximum Gasteiger partial charge on any atom is 0.241 e. The van der Waals surface area contributed by atoms with Gasteiger partial charge in [0, 0.05) is 10.9 Å². The molecular weight excluding hydrogens is 272 g/mol. The monoisotopic (exact) mass is 294 g/mol. The van der Waals surface area contributed by atoms with Crippen LogP contribution in [0.5, 0.6) is 0 Å². The number of nitrogens with one attached hydrogen (secondary N) is 1. The molecule has 2 heterocycles. The topological polar surface area (TPSA) is 52.6 Å². The molecule has 0 aromatic carbocycles. The fourth-order valence-electron chi connectivity index (χ4n) is 3.34. The minimum atomic E-state index is -0.181. The van der Waals surface area contributed by atoms with E-state index < -0.39 is 0 Å². The zero-order valence-corrected chi connectivity index (χ0v) is 12.6. The summed E-state index contributed by atoms with van der Waals surface area (Å²) in [6.45, 7) is 2.05. The van der Waals surface area contributed by atoms with E-state index in [9.17, 15) is 9.90 Å². The number of nitrogens with zero attached hydrogens (tertiary/aromatic N) is 1. The number of aliphatic hydroxyl groups is 1. The molecule has 2 unspecified atom stereocenters. The van der Waals surface area contributed by atoms with E-state index in [4.69, 9.17) is 0 Å². The number of carbonyl (C=O) groups excluding carboxylic acids is 1. The third-order valence-electron chi connectivity index (χ3n) is 4.47. The summed E-state index contributed by atoms with van der Waals surface area (Å²) < 4.78 is 0. The van der Waals surface area contributed by atoms with Crippen LogP contribution >= 0.6 is 11.3 Å². The standard InChI is InChI=1S/C15H22N2O2S/c1-2-12-15(19)17(10-5-7-11(18)8-6-10)14(16-12)13-4-3-9-20-13/h3-4,9-12,14,16,18H,2,5-8H2,1H3. The van der Waals surface area contributed by atoms with Crippen LogP contribution in [-0.2, 0) is 4.79 Å². The van der Waals surface area contributed by atoms with Crippen molar-refractivity contribution in [3.8, 4) is 0 Å². The van der Waals surface area contributed by atoms with Gasteiger partial charge in [-0.2, -0.15) is 0 Å². The van der Waals surface area contributed by atoms with Gasteiger partial charge in [0.1, 0.15) is 6.17 Å². The van der Waals surface area contributed by atoms with E-state index in [0.717, 1.165) is 32.1 Å². The van der Waals surface area contributed by atoms with Crippen molar-refractivity contribution in [1.29, 1.82) is 0 Å². The fourth-order valence-corrected chi connectivity index (χ4v) is 4.12. The van der Waals surface area contributed by atoms with Crippen molar-refractivity contribution >= 4 is 17.2 Å². The summed E-state index contributed by atoms with van der Waals surface area (Å²) >= 11 is 1.70. The highest BCUT2D eigenvalue weighted by atomic mass is 32.1. The number of hydrogen-bond acceptors (Lipinski definition) is 4. The molecule has 1 aromatic heterocycles. The molecule has 1 amide bonds. The molecular formula is C15H22N2O2S. The number of carbonyl (C=O) groups is 1. The number of rotatable bonds is 3. The molecule has 3 rings (SSSR count). The summed E-state index contributed by atoms with van der Waals surface area (Å²) in [6, 6.07) is 4.34. The second kappa shape index (κ2) is 5.84. The van der Waals surface area contributed by atoms with Crippen LogP contribution in [0.25, 0.3) is 0 Å². The van der Waals surface area contributed by atoms with Gasteiger partial charge in [-0.1, -0.05) is 13.0 Å². The molecule has 0 spiro atoms. The average molecular weight is 294 g/mol. The van der Waals surface area contributed by atoms with E-state index >= 15 is 0 Å². The van der Waals surface area contributed by atoms with Gasteiger partial charge in [0.15, 0.2) is 0 Å². The Morgan fingerprint density at radius 2 is 2.15 bits per heavy atom. The van der Waals surface area contributed by atoms with Crippen LogP contribution in [0.4, 0.5) is 0 Å². The van der Waals surface area contributed by atoms with Crippen LogP contribution < -0.4 is 5.32 Å². The Balaban J connectivity index is 1.82. The predicted molar refractivity (Wildman–Crippen MR) is 79.4 cm³/mol. The molecule has 1 saturated carbocycles. The largest absolute Gasteiger partial charge is 0.393 e. The minimum Gasteiger partial charge on any atom is -0.393 e. The lowest BCUT2D eigenvalue weighted by molar-refractivity contribution is -0.133. The van der Waals surface area contributed by atoms with Gasteiger partial charge in [-0.25, -0.2) is 0 Å². The van der Waals surface area contributed by atoms with Crippen molar-refractivity contribution in [2.75, 3.05) is 0 Å². The Bertz CT molecular complexity index is 454. The first-order chi connectivity index (χ1) is 9.70. The zero-order chi connectivity index (χ0) is 14.1. The first kappa shape index (κ1) is 14.0. The quantitative estimate of drug-likeness (QED) is 0.899. The van der Waals surface area contributed by atoms with Crippen LogP contribution in [0.3, 0.4) is 0 Å². The molecule has 1 aliphatic heterocycles. The van der Waals surface area contributed by atoms with Gasteiger partial charge < -0.3 is 10.0 Å². The Labute approximate surface area is 123 Å². The van der Waals surface area contributed by atoms with Crippen LogP contribution in [0.2, 0.25) is 0 Å². The van der Waals surface area contributed by atoms with Crippen LogP contribution in [0.1, 0.15) is 50.1 Å². The van der Waals surface area contributed by atoms with Crippen molar-refractivity contribution in [2.45, 2.75) is 63.4 Å². The third-order valence-corrected chi connectivity index (χ3v) is 5.40. The number of aliphatic hydroxyl groups excluding tert-OH is 1. The summed E-state index contributed by atoms with van der Waals surface area (Å²) in [4.78, 5) is 15.9. The van der Waals surface area contributed by atoms with Crippen molar-refractivity contribution in [3.63, 3.8) is 0 Å². The van der Waals surface area contributed by atoms with Gasteiger partial charge >= 0.3 is 0 Å². The van der Waals surface area contributed by atoms with E-state index in [0.29, 0.717) is 0 Å². The lowest BCUT2D eigenvalue weighted by atomic mass is 9.91. The Kier molecular flexibility index (Phi) is 4.10. The molecule has 1 saturated heterocycles. The van der Waals surface area contributed by atoms with Gasteiger partial charge in [-0.05, 0) is 43.6 Å². The van der Waals surface area contributed by atoms with Crippen molar-refractivity contribution in [1.82, 2.24) is 10.2 Å². The van der Waals surface area contributed by atoms with Crippen LogP contribution in [-0.4, -0.2) is 34.1 Å². The Morgan fingerprint density at radius 3 is 2.75 bits per heavy atom. The van der Waals surface area contributed by atoms with Crippen molar-refractivity contribution < 1.29 is 9.90 Å². The summed E-state index contributed by atoms with van der Waals surface area (Å²) in [7, 11) is 0. The molecule has 2 atom stereocenters. The molecule has 2 aliphatic rings. The lowest BCUT2D eigenvalue weighted by Crippen LogP contribution is -2.42. The summed E-state index contributed by atoms with van der Waals surface area (Å²) in [5.74, 6) is 0.229. The maximum absolute atomic E-state index is 12.6. The van der Waals surface area contributed by atoms with E-state index in [1.165, 1.54) is 4.88 Å². The molecule has 20 heavy (non-hydrogen) atoms. The second-order valence-electron chi connectivity index (χ2n) is 5.75. The molecule has 0 bridgehead atoms. The first-order valence-electron chi connectivity index (χ1n) is 7.50. The number of thiophene rings is 1. The van der Waals surface area contributed by atoms with Crippen LogP contribution in [0, 0.1) is 0 Å².